The molecule has 1 aliphatic heterocycles. The SMILES string of the molecule is C#CC(C)Nc1cc2c(cc1[N+](=O)[O-])NC(=O)CC2. The zero-order chi connectivity index (χ0) is 14.0. The maximum Gasteiger partial charge on any atom is 0.294 e. The van der Waals surface area contributed by atoms with E-state index in [1.54, 1.807) is 13.0 Å². The van der Waals surface area contributed by atoms with Crippen LogP contribution in [0.1, 0.15) is 18.9 Å². The van der Waals surface area contributed by atoms with Crippen molar-refractivity contribution in [1.82, 2.24) is 0 Å². The van der Waals surface area contributed by atoms with Crippen LogP contribution in [0.2, 0.25) is 0 Å². The molecule has 0 radical (unpaired) electrons. The summed E-state index contributed by atoms with van der Waals surface area (Å²) in [5, 5.41) is 16.6. The van der Waals surface area contributed by atoms with E-state index >= 15 is 0 Å². The molecule has 98 valence electrons. The second-order valence-corrected chi connectivity index (χ2v) is 4.36. The highest BCUT2D eigenvalue weighted by molar-refractivity contribution is 5.95. The van der Waals surface area contributed by atoms with E-state index in [0.29, 0.717) is 24.2 Å². The number of hydrogen-bond donors (Lipinski definition) is 2. The highest BCUT2D eigenvalue weighted by atomic mass is 16.6. The molecule has 1 amide bonds. The minimum absolute atomic E-state index is 0.0944. The first-order valence-corrected chi connectivity index (χ1v) is 5.85. The fraction of sp³-hybridized carbons (Fsp3) is 0.308. The number of anilines is 2. The van der Waals surface area contributed by atoms with Gasteiger partial charge in [-0.3, -0.25) is 14.9 Å². The number of nitrogens with one attached hydrogen (secondary N) is 2. The fourth-order valence-electron chi connectivity index (χ4n) is 1.96. The van der Waals surface area contributed by atoms with E-state index in [9.17, 15) is 14.9 Å². The molecule has 6 heteroatoms. The summed E-state index contributed by atoms with van der Waals surface area (Å²) in [5.41, 5.74) is 1.66. The van der Waals surface area contributed by atoms with Gasteiger partial charge in [-0.15, -0.1) is 6.42 Å². The summed E-state index contributed by atoms with van der Waals surface area (Å²) in [4.78, 5) is 21.9. The number of nitro benzene ring substituents is 1. The molecule has 6 nitrogen and oxygen atoms in total. The third-order valence-electron chi connectivity index (χ3n) is 2.94. The van der Waals surface area contributed by atoms with Crippen molar-refractivity contribution in [3.8, 4) is 12.3 Å². The van der Waals surface area contributed by atoms with Crippen molar-refractivity contribution in [3.05, 3.63) is 27.8 Å². The molecular weight excluding hydrogens is 246 g/mol. The molecule has 1 unspecified atom stereocenters. The van der Waals surface area contributed by atoms with Crippen molar-refractivity contribution in [2.75, 3.05) is 10.6 Å². The van der Waals surface area contributed by atoms with Crippen molar-refractivity contribution in [2.24, 2.45) is 0 Å². The molecule has 0 saturated carbocycles. The first kappa shape index (κ1) is 12.9. The van der Waals surface area contributed by atoms with E-state index in [0.717, 1.165) is 5.56 Å². The van der Waals surface area contributed by atoms with Crippen LogP contribution in [0, 0.1) is 22.5 Å². The standard InChI is InChI=1S/C13H13N3O3/c1-3-8(2)14-11-6-9-4-5-13(17)15-10(9)7-12(11)16(18)19/h1,6-8,14H,4-5H2,2H3,(H,15,17). The fourth-order valence-corrected chi connectivity index (χ4v) is 1.96. The van der Waals surface area contributed by atoms with E-state index < -0.39 is 4.92 Å². The molecule has 2 rings (SSSR count). The average Bonchev–Trinajstić information content (AvgIpc) is 2.37. The van der Waals surface area contributed by atoms with Gasteiger partial charge >= 0.3 is 0 Å². The van der Waals surface area contributed by atoms with Gasteiger partial charge in [0.1, 0.15) is 5.69 Å². The van der Waals surface area contributed by atoms with E-state index in [1.807, 2.05) is 0 Å². The molecule has 0 fully saturated rings. The molecule has 0 spiro atoms. The number of carbonyl (C=O) groups is 1. The Kier molecular flexibility index (Phi) is 3.38. The molecule has 1 aromatic carbocycles. The highest BCUT2D eigenvalue weighted by Gasteiger charge is 2.22. The van der Waals surface area contributed by atoms with Gasteiger partial charge < -0.3 is 10.6 Å². The van der Waals surface area contributed by atoms with Crippen LogP contribution in [0.25, 0.3) is 0 Å². The van der Waals surface area contributed by atoms with Gasteiger partial charge in [-0.1, -0.05) is 5.92 Å². The normalized spacial score (nSPS) is 14.8. The lowest BCUT2D eigenvalue weighted by molar-refractivity contribution is -0.383. The van der Waals surface area contributed by atoms with E-state index in [1.165, 1.54) is 6.07 Å². The minimum Gasteiger partial charge on any atom is -0.366 e. The van der Waals surface area contributed by atoms with E-state index in [2.05, 4.69) is 16.6 Å². The summed E-state index contributed by atoms with van der Waals surface area (Å²) in [6.45, 7) is 1.74. The Hall–Kier alpha value is -2.55. The van der Waals surface area contributed by atoms with Gasteiger partial charge in [0.05, 0.1) is 16.7 Å². The van der Waals surface area contributed by atoms with Crippen LogP contribution >= 0.6 is 0 Å². The lowest BCUT2D eigenvalue weighted by Gasteiger charge is -2.19. The molecule has 0 saturated heterocycles. The maximum absolute atomic E-state index is 11.3. The zero-order valence-electron chi connectivity index (χ0n) is 10.4. The van der Waals surface area contributed by atoms with Crippen molar-refractivity contribution < 1.29 is 9.72 Å². The van der Waals surface area contributed by atoms with Crippen LogP contribution in [-0.2, 0) is 11.2 Å². The number of terminal acetylenes is 1. The van der Waals surface area contributed by atoms with Crippen LogP contribution in [0.3, 0.4) is 0 Å². The molecule has 1 aromatic rings. The smallest absolute Gasteiger partial charge is 0.294 e. The van der Waals surface area contributed by atoms with Gasteiger partial charge in [0, 0.05) is 12.5 Å². The second kappa shape index (κ2) is 4.98. The predicted octanol–water partition coefficient (Wildman–Crippen LogP) is 1.91. The molecular formula is C13H13N3O3. The molecule has 19 heavy (non-hydrogen) atoms. The van der Waals surface area contributed by atoms with Gasteiger partial charge in [-0.2, -0.15) is 0 Å². The monoisotopic (exact) mass is 259 g/mol. The minimum atomic E-state index is -0.493. The van der Waals surface area contributed by atoms with Crippen LogP contribution in [0.4, 0.5) is 17.1 Å². The number of benzene rings is 1. The van der Waals surface area contributed by atoms with Crippen molar-refractivity contribution >= 4 is 23.0 Å². The van der Waals surface area contributed by atoms with Crippen LogP contribution in [0.15, 0.2) is 12.1 Å². The molecule has 0 aromatic heterocycles. The number of amides is 1. The summed E-state index contributed by atoms with van der Waals surface area (Å²) in [6.07, 6.45) is 6.21. The van der Waals surface area contributed by atoms with Gasteiger partial charge in [0.2, 0.25) is 5.91 Å². The van der Waals surface area contributed by atoms with Crippen molar-refractivity contribution in [1.29, 1.82) is 0 Å². The number of hydrogen-bond acceptors (Lipinski definition) is 4. The number of carbonyl (C=O) groups excluding carboxylic acids is 1. The summed E-state index contributed by atoms with van der Waals surface area (Å²) in [5.74, 6) is 2.34. The number of nitro groups is 1. The molecule has 1 aliphatic rings. The summed E-state index contributed by atoms with van der Waals surface area (Å²) >= 11 is 0. The second-order valence-electron chi connectivity index (χ2n) is 4.36. The Morgan fingerprint density at radius 1 is 1.53 bits per heavy atom. The van der Waals surface area contributed by atoms with Gasteiger partial charge in [-0.05, 0) is 25.0 Å². The average molecular weight is 259 g/mol. The maximum atomic E-state index is 11.3. The molecule has 0 aliphatic carbocycles. The Morgan fingerprint density at radius 3 is 2.89 bits per heavy atom. The predicted molar refractivity (Wildman–Crippen MR) is 72.0 cm³/mol. The highest BCUT2D eigenvalue weighted by Crippen LogP contribution is 2.34. The van der Waals surface area contributed by atoms with E-state index in [-0.39, 0.29) is 17.6 Å². The van der Waals surface area contributed by atoms with Crippen molar-refractivity contribution in [2.45, 2.75) is 25.8 Å². The number of rotatable bonds is 3. The topological polar surface area (TPSA) is 84.3 Å². The Labute approximate surface area is 110 Å². The van der Waals surface area contributed by atoms with Crippen molar-refractivity contribution in [3.63, 3.8) is 0 Å². The lowest BCUT2D eigenvalue weighted by Crippen LogP contribution is -2.20. The molecule has 1 atom stereocenters. The van der Waals surface area contributed by atoms with Gasteiger partial charge in [0.25, 0.3) is 5.69 Å². The van der Waals surface area contributed by atoms with E-state index in [4.69, 9.17) is 6.42 Å². The first-order valence-electron chi connectivity index (χ1n) is 5.85. The Morgan fingerprint density at radius 2 is 2.26 bits per heavy atom. The van der Waals surface area contributed by atoms with Gasteiger partial charge in [-0.25, -0.2) is 0 Å². The third-order valence-corrected chi connectivity index (χ3v) is 2.94. The van der Waals surface area contributed by atoms with Crippen LogP contribution in [-0.4, -0.2) is 16.9 Å². The quantitative estimate of drug-likeness (QED) is 0.493. The Balaban J connectivity index is 2.45. The molecule has 1 heterocycles. The van der Waals surface area contributed by atoms with Crippen LogP contribution < -0.4 is 10.6 Å². The summed E-state index contributed by atoms with van der Waals surface area (Å²) in [7, 11) is 0. The largest absolute Gasteiger partial charge is 0.366 e. The lowest BCUT2D eigenvalue weighted by atomic mass is 10.0. The van der Waals surface area contributed by atoms with Gasteiger partial charge in [0.15, 0.2) is 0 Å². The third kappa shape index (κ3) is 2.65. The summed E-state index contributed by atoms with van der Waals surface area (Å²) in [6, 6.07) is 2.74. The molecule has 2 N–H and O–H groups in total. The number of fused-ring (bicyclic) bond motifs is 1. The Bertz CT molecular complexity index is 590. The zero-order valence-corrected chi connectivity index (χ0v) is 10.4. The number of nitrogens with zero attached hydrogens (tertiary/aromatic N) is 1. The van der Waals surface area contributed by atoms with Crippen LogP contribution in [0.5, 0.6) is 0 Å². The first-order chi connectivity index (χ1) is 9.01. The summed E-state index contributed by atoms with van der Waals surface area (Å²) < 4.78 is 0. The number of aryl methyl sites for hydroxylation is 1. The molecule has 0 bridgehead atoms.